The van der Waals surface area contributed by atoms with Crippen molar-refractivity contribution < 1.29 is 24.0 Å². The molecule has 0 saturated carbocycles. The number of fused-ring (bicyclic) bond motifs is 2. The van der Waals surface area contributed by atoms with Gasteiger partial charge in [0.1, 0.15) is 5.65 Å². The van der Waals surface area contributed by atoms with Crippen LogP contribution in [0.4, 0.5) is 0 Å². The van der Waals surface area contributed by atoms with Crippen molar-refractivity contribution in [3.63, 3.8) is 0 Å². The summed E-state index contributed by atoms with van der Waals surface area (Å²) in [7, 11) is 0. The highest BCUT2D eigenvalue weighted by Crippen LogP contribution is 2.27. The lowest BCUT2D eigenvalue weighted by Gasteiger charge is -2.15. The molecule has 0 unspecified atom stereocenters. The van der Waals surface area contributed by atoms with Gasteiger partial charge in [-0.05, 0) is 67.5 Å². The van der Waals surface area contributed by atoms with E-state index in [1.807, 2.05) is 0 Å². The third-order valence-corrected chi connectivity index (χ3v) is 4.26. The Morgan fingerprint density at radius 3 is 2.67 bits per heavy atom. The lowest BCUT2D eigenvalue weighted by atomic mass is 9.90. The Kier molecular flexibility index (Phi) is 4.02. The van der Waals surface area contributed by atoms with Crippen LogP contribution >= 0.6 is 0 Å². The Labute approximate surface area is 142 Å². The first-order valence-electron chi connectivity index (χ1n) is 7.37. The predicted molar refractivity (Wildman–Crippen MR) is 82.0 cm³/mol. The summed E-state index contributed by atoms with van der Waals surface area (Å²) in [5.41, 5.74) is 7.63. The largest absolute Gasteiger partial charge is 1.00 e. The van der Waals surface area contributed by atoms with Crippen molar-refractivity contribution in [2.75, 3.05) is 0 Å². The van der Waals surface area contributed by atoms with Gasteiger partial charge in [-0.25, -0.2) is 4.98 Å². The van der Waals surface area contributed by atoms with Crippen LogP contribution in [0.1, 0.15) is 29.5 Å². The molecule has 0 aliphatic heterocycles. The Balaban J connectivity index is 0.00000132. The topological polar surface area (TPSA) is 17.3 Å². The molecule has 2 aromatic heterocycles. The number of nitrogens with zero attached hydrogens (tertiary/aromatic N) is 2. The van der Waals surface area contributed by atoms with Crippen molar-refractivity contribution in [1.29, 1.82) is 0 Å². The van der Waals surface area contributed by atoms with E-state index in [-0.39, 0.29) is 24.0 Å². The maximum absolute atomic E-state index is 4.76. The molecule has 0 spiro atoms. The van der Waals surface area contributed by atoms with E-state index in [1.54, 1.807) is 0 Å². The molecule has 0 amide bonds. The molecular formula is C18H18IN2-. The van der Waals surface area contributed by atoms with Gasteiger partial charge in [0.25, 0.3) is 0 Å². The summed E-state index contributed by atoms with van der Waals surface area (Å²) in [5, 5.41) is 0. The van der Waals surface area contributed by atoms with E-state index in [0.717, 1.165) is 11.3 Å². The van der Waals surface area contributed by atoms with Crippen LogP contribution in [0.15, 0.2) is 42.7 Å². The number of pyridine rings is 1. The monoisotopic (exact) mass is 389 g/mol. The predicted octanol–water partition coefficient (Wildman–Crippen LogP) is 1.19. The highest BCUT2D eigenvalue weighted by molar-refractivity contribution is 5.64. The van der Waals surface area contributed by atoms with Gasteiger partial charge in [0.05, 0.1) is 5.69 Å². The van der Waals surface area contributed by atoms with Gasteiger partial charge < -0.3 is 28.4 Å². The molecule has 0 bridgehead atoms. The molecule has 0 N–H and O–H groups in total. The minimum Gasteiger partial charge on any atom is -1.00 e. The Morgan fingerprint density at radius 2 is 1.81 bits per heavy atom. The summed E-state index contributed by atoms with van der Waals surface area (Å²) in [6.45, 7) is 2.10. The van der Waals surface area contributed by atoms with Gasteiger partial charge >= 0.3 is 0 Å². The van der Waals surface area contributed by atoms with Crippen molar-refractivity contribution >= 4 is 5.65 Å². The molecule has 0 atom stereocenters. The summed E-state index contributed by atoms with van der Waals surface area (Å²) in [6, 6.07) is 11.1. The molecule has 108 valence electrons. The number of hydrogen-bond donors (Lipinski definition) is 0. The number of halogens is 1. The molecule has 0 fully saturated rings. The van der Waals surface area contributed by atoms with E-state index in [1.165, 1.54) is 47.9 Å². The maximum Gasteiger partial charge on any atom is 0.137 e. The molecular weight excluding hydrogens is 371 g/mol. The van der Waals surface area contributed by atoms with Gasteiger partial charge in [-0.1, -0.05) is 12.1 Å². The first-order valence-corrected chi connectivity index (χ1v) is 7.37. The van der Waals surface area contributed by atoms with Crippen LogP contribution in [0.5, 0.6) is 0 Å². The van der Waals surface area contributed by atoms with Crippen molar-refractivity contribution in [2.45, 2.75) is 32.6 Å². The van der Waals surface area contributed by atoms with Crippen LogP contribution in [-0.4, -0.2) is 9.38 Å². The van der Waals surface area contributed by atoms with Gasteiger partial charge in [0.2, 0.25) is 0 Å². The number of hydrogen-bond acceptors (Lipinski definition) is 1. The van der Waals surface area contributed by atoms with Gasteiger partial charge in [-0.2, -0.15) is 0 Å². The molecule has 1 aliphatic rings. The summed E-state index contributed by atoms with van der Waals surface area (Å²) in [5.74, 6) is 0. The zero-order chi connectivity index (χ0) is 13.5. The van der Waals surface area contributed by atoms with E-state index in [4.69, 9.17) is 4.98 Å². The Hall–Kier alpha value is -1.36. The summed E-state index contributed by atoms with van der Waals surface area (Å²) < 4.78 is 2.10. The van der Waals surface area contributed by atoms with Crippen LogP contribution in [0.2, 0.25) is 0 Å². The van der Waals surface area contributed by atoms with Gasteiger partial charge in [0, 0.05) is 18.0 Å². The quantitative estimate of drug-likeness (QED) is 0.572. The zero-order valence-corrected chi connectivity index (χ0v) is 14.3. The van der Waals surface area contributed by atoms with Crippen molar-refractivity contribution in [2.24, 2.45) is 0 Å². The Bertz CT molecular complexity index is 789. The third-order valence-electron chi connectivity index (χ3n) is 4.26. The van der Waals surface area contributed by atoms with Crippen LogP contribution in [0, 0.1) is 6.92 Å². The van der Waals surface area contributed by atoms with Crippen molar-refractivity contribution in [3.8, 4) is 11.3 Å². The maximum atomic E-state index is 4.76. The second-order valence-corrected chi connectivity index (χ2v) is 5.79. The van der Waals surface area contributed by atoms with E-state index in [0.29, 0.717) is 0 Å². The first kappa shape index (κ1) is 14.6. The second-order valence-electron chi connectivity index (χ2n) is 5.79. The second kappa shape index (κ2) is 5.79. The number of aryl methyl sites for hydroxylation is 3. The molecule has 0 radical (unpaired) electrons. The average Bonchev–Trinajstić information content (AvgIpc) is 2.89. The third kappa shape index (κ3) is 2.71. The SMILES string of the molecule is Cc1ccn2cc(-c3ccc4c(c3)CCCC4)nc2c1.[I-]. The van der Waals surface area contributed by atoms with Crippen LogP contribution in [0.3, 0.4) is 0 Å². The normalized spacial score (nSPS) is 13.8. The fourth-order valence-corrected chi connectivity index (χ4v) is 3.12. The lowest BCUT2D eigenvalue weighted by molar-refractivity contribution is -0.00000416. The smallest absolute Gasteiger partial charge is 0.137 e. The van der Waals surface area contributed by atoms with Gasteiger partial charge in [0.15, 0.2) is 0 Å². The fraction of sp³-hybridized carbons (Fsp3) is 0.278. The molecule has 2 heterocycles. The van der Waals surface area contributed by atoms with E-state index >= 15 is 0 Å². The minimum absolute atomic E-state index is 0. The van der Waals surface area contributed by atoms with Gasteiger partial charge in [-0.3, -0.25) is 0 Å². The van der Waals surface area contributed by atoms with E-state index in [2.05, 4.69) is 54.0 Å². The van der Waals surface area contributed by atoms with E-state index in [9.17, 15) is 0 Å². The van der Waals surface area contributed by atoms with Crippen molar-refractivity contribution in [3.05, 3.63) is 59.4 Å². The average molecular weight is 389 g/mol. The van der Waals surface area contributed by atoms with Crippen LogP contribution < -0.4 is 24.0 Å². The highest BCUT2D eigenvalue weighted by Gasteiger charge is 2.11. The summed E-state index contributed by atoms with van der Waals surface area (Å²) in [4.78, 5) is 4.76. The van der Waals surface area contributed by atoms with Crippen LogP contribution in [-0.2, 0) is 12.8 Å². The molecule has 21 heavy (non-hydrogen) atoms. The number of imidazole rings is 1. The molecule has 1 aromatic carbocycles. The number of benzene rings is 1. The molecule has 0 saturated heterocycles. The molecule has 4 rings (SSSR count). The summed E-state index contributed by atoms with van der Waals surface area (Å²) in [6.07, 6.45) is 9.31. The molecule has 3 aromatic rings. The standard InChI is InChI=1S/C18H18N2.HI/c1-13-8-9-20-12-17(19-18(20)10-13)16-7-6-14-4-2-3-5-15(14)11-16;/h6-12H,2-5H2,1H3;1H/p-1. The minimum atomic E-state index is 0. The molecule has 3 heteroatoms. The fourth-order valence-electron chi connectivity index (χ4n) is 3.12. The first-order chi connectivity index (χ1) is 9.79. The number of aromatic nitrogens is 2. The van der Waals surface area contributed by atoms with Crippen LogP contribution in [0.25, 0.3) is 16.9 Å². The number of rotatable bonds is 1. The van der Waals surface area contributed by atoms with E-state index < -0.39 is 0 Å². The van der Waals surface area contributed by atoms with Gasteiger partial charge in [-0.15, -0.1) is 0 Å². The Morgan fingerprint density at radius 1 is 1.00 bits per heavy atom. The summed E-state index contributed by atoms with van der Waals surface area (Å²) >= 11 is 0. The van der Waals surface area contributed by atoms with Crippen molar-refractivity contribution in [1.82, 2.24) is 9.38 Å². The lowest BCUT2D eigenvalue weighted by Crippen LogP contribution is -3.00. The zero-order valence-electron chi connectivity index (χ0n) is 12.1. The molecule has 2 nitrogen and oxygen atoms in total. The highest BCUT2D eigenvalue weighted by atomic mass is 127. The molecule has 1 aliphatic carbocycles.